The number of rotatable bonds is 3. The number of para-hydroxylation sites is 2. The molecule has 0 amide bonds. The first-order chi connectivity index (χ1) is 12.3. The van der Waals surface area contributed by atoms with Crippen LogP contribution in [0.4, 0.5) is 11.4 Å². The van der Waals surface area contributed by atoms with Gasteiger partial charge in [0.05, 0.1) is 11.3 Å². The molecular weight excluding hydrogens is 308 g/mol. The van der Waals surface area contributed by atoms with E-state index in [4.69, 9.17) is 0 Å². The minimum atomic E-state index is 0.647. The standard InChI is InChI=1S/C21H24N4/c22-16-18-6-4-5-9-21(18)24-14-12-23(13-15-24)20-10-11-25(17-20)19-7-2-1-3-8-19/h1-9,20H,10-15,17H2. The van der Waals surface area contributed by atoms with Crippen LogP contribution in [-0.2, 0) is 0 Å². The maximum atomic E-state index is 9.32. The summed E-state index contributed by atoms with van der Waals surface area (Å²) in [6.45, 7) is 6.42. The minimum absolute atomic E-state index is 0.647. The van der Waals surface area contributed by atoms with Crippen molar-refractivity contribution in [2.75, 3.05) is 49.1 Å². The van der Waals surface area contributed by atoms with Crippen molar-refractivity contribution in [3.8, 4) is 6.07 Å². The van der Waals surface area contributed by atoms with Gasteiger partial charge in [0.25, 0.3) is 0 Å². The molecule has 4 nitrogen and oxygen atoms in total. The van der Waals surface area contributed by atoms with Gasteiger partial charge in [-0.25, -0.2) is 0 Å². The van der Waals surface area contributed by atoms with Gasteiger partial charge in [0, 0.05) is 51.0 Å². The maximum Gasteiger partial charge on any atom is 0.101 e. The summed E-state index contributed by atoms with van der Waals surface area (Å²) in [5.41, 5.74) is 3.21. The van der Waals surface area contributed by atoms with Gasteiger partial charge in [-0.3, -0.25) is 4.90 Å². The molecule has 25 heavy (non-hydrogen) atoms. The predicted molar refractivity (Wildman–Crippen MR) is 102 cm³/mol. The molecule has 2 aliphatic heterocycles. The SMILES string of the molecule is N#Cc1ccccc1N1CCN(C2CCN(c3ccccc3)C2)CC1. The van der Waals surface area contributed by atoms with Gasteiger partial charge in [-0.15, -0.1) is 0 Å². The Morgan fingerprint density at radius 2 is 1.52 bits per heavy atom. The summed E-state index contributed by atoms with van der Waals surface area (Å²) in [5.74, 6) is 0. The highest BCUT2D eigenvalue weighted by Gasteiger charge is 2.30. The minimum Gasteiger partial charge on any atom is -0.370 e. The zero-order chi connectivity index (χ0) is 17.1. The lowest BCUT2D eigenvalue weighted by Gasteiger charge is -2.39. The number of anilines is 2. The number of piperazine rings is 1. The van der Waals surface area contributed by atoms with Crippen molar-refractivity contribution in [3.63, 3.8) is 0 Å². The molecule has 0 bridgehead atoms. The third kappa shape index (κ3) is 3.33. The Balaban J connectivity index is 1.36. The number of hydrogen-bond donors (Lipinski definition) is 0. The van der Waals surface area contributed by atoms with Gasteiger partial charge < -0.3 is 9.80 Å². The average Bonchev–Trinajstić information content (AvgIpc) is 3.19. The van der Waals surface area contributed by atoms with Crippen LogP contribution in [0, 0.1) is 11.3 Å². The zero-order valence-corrected chi connectivity index (χ0v) is 14.5. The van der Waals surface area contributed by atoms with Gasteiger partial charge in [0.15, 0.2) is 0 Å². The first-order valence-electron chi connectivity index (χ1n) is 9.13. The van der Waals surface area contributed by atoms with Crippen LogP contribution in [0.15, 0.2) is 54.6 Å². The quantitative estimate of drug-likeness (QED) is 0.865. The van der Waals surface area contributed by atoms with E-state index in [1.807, 2.05) is 18.2 Å². The van der Waals surface area contributed by atoms with Crippen LogP contribution in [0.5, 0.6) is 0 Å². The highest BCUT2D eigenvalue weighted by atomic mass is 15.3. The van der Waals surface area contributed by atoms with Gasteiger partial charge in [-0.05, 0) is 30.7 Å². The summed E-state index contributed by atoms with van der Waals surface area (Å²) in [6, 6.07) is 21.6. The first-order valence-corrected chi connectivity index (χ1v) is 9.13. The Morgan fingerprint density at radius 1 is 0.800 bits per heavy atom. The predicted octanol–water partition coefficient (Wildman–Crippen LogP) is 2.96. The normalized spacial score (nSPS) is 21.3. The lowest BCUT2D eigenvalue weighted by Crippen LogP contribution is -2.51. The van der Waals surface area contributed by atoms with E-state index in [1.54, 1.807) is 0 Å². The third-order valence-corrected chi connectivity index (χ3v) is 5.48. The van der Waals surface area contributed by atoms with E-state index in [2.05, 4.69) is 57.2 Å². The number of nitrogens with zero attached hydrogens (tertiary/aromatic N) is 4. The van der Waals surface area contributed by atoms with Gasteiger partial charge >= 0.3 is 0 Å². The zero-order valence-electron chi connectivity index (χ0n) is 14.5. The van der Waals surface area contributed by atoms with Crippen LogP contribution in [-0.4, -0.2) is 50.2 Å². The van der Waals surface area contributed by atoms with Gasteiger partial charge in [-0.1, -0.05) is 30.3 Å². The van der Waals surface area contributed by atoms with Crippen LogP contribution in [0.2, 0.25) is 0 Å². The molecule has 128 valence electrons. The Hall–Kier alpha value is -2.51. The monoisotopic (exact) mass is 332 g/mol. The second kappa shape index (κ2) is 7.16. The van der Waals surface area contributed by atoms with E-state index >= 15 is 0 Å². The van der Waals surface area contributed by atoms with E-state index in [0.717, 1.165) is 50.5 Å². The van der Waals surface area contributed by atoms with E-state index < -0.39 is 0 Å². The molecule has 0 radical (unpaired) electrons. The van der Waals surface area contributed by atoms with Crippen molar-refractivity contribution in [3.05, 3.63) is 60.2 Å². The average molecular weight is 332 g/mol. The van der Waals surface area contributed by atoms with Crippen molar-refractivity contribution in [2.45, 2.75) is 12.5 Å². The van der Waals surface area contributed by atoms with Crippen LogP contribution in [0.1, 0.15) is 12.0 Å². The van der Waals surface area contributed by atoms with E-state index in [1.165, 1.54) is 12.1 Å². The number of nitriles is 1. The molecule has 0 aromatic heterocycles. The fourth-order valence-corrected chi connectivity index (χ4v) is 4.09. The largest absolute Gasteiger partial charge is 0.370 e. The molecule has 2 heterocycles. The van der Waals surface area contributed by atoms with Crippen molar-refractivity contribution in [1.82, 2.24) is 4.90 Å². The van der Waals surface area contributed by atoms with Crippen LogP contribution >= 0.6 is 0 Å². The lowest BCUT2D eigenvalue weighted by atomic mass is 10.1. The molecule has 4 rings (SSSR count). The van der Waals surface area contributed by atoms with Crippen molar-refractivity contribution in [2.24, 2.45) is 0 Å². The van der Waals surface area contributed by atoms with Gasteiger partial charge in [0.2, 0.25) is 0 Å². The Kier molecular flexibility index (Phi) is 4.58. The highest BCUT2D eigenvalue weighted by molar-refractivity contribution is 5.59. The molecule has 1 atom stereocenters. The summed E-state index contributed by atoms with van der Waals surface area (Å²) in [7, 11) is 0. The summed E-state index contributed by atoms with van der Waals surface area (Å²) in [4.78, 5) is 7.50. The summed E-state index contributed by atoms with van der Waals surface area (Å²) >= 11 is 0. The highest BCUT2D eigenvalue weighted by Crippen LogP contribution is 2.25. The van der Waals surface area contributed by atoms with Gasteiger partial charge in [-0.2, -0.15) is 5.26 Å². The van der Waals surface area contributed by atoms with E-state index in [0.29, 0.717) is 6.04 Å². The van der Waals surface area contributed by atoms with Crippen molar-refractivity contribution in [1.29, 1.82) is 5.26 Å². The molecule has 0 N–H and O–H groups in total. The smallest absolute Gasteiger partial charge is 0.101 e. The van der Waals surface area contributed by atoms with Crippen LogP contribution in [0.25, 0.3) is 0 Å². The molecule has 1 unspecified atom stereocenters. The lowest BCUT2D eigenvalue weighted by molar-refractivity contribution is 0.198. The number of hydrogen-bond acceptors (Lipinski definition) is 4. The van der Waals surface area contributed by atoms with Crippen molar-refractivity contribution >= 4 is 11.4 Å². The molecule has 0 aliphatic carbocycles. The van der Waals surface area contributed by atoms with E-state index in [-0.39, 0.29) is 0 Å². The topological polar surface area (TPSA) is 33.5 Å². The number of benzene rings is 2. The molecule has 2 aliphatic rings. The molecular formula is C21H24N4. The molecule has 0 spiro atoms. The summed E-state index contributed by atoms with van der Waals surface area (Å²) in [5, 5.41) is 9.32. The molecule has 2 aromatic rings. The Morgan fingerprint density at radius 3 is 2.28 bits per heavy atom. The first kappa shape index (κ1) is 16.0. The van der Waals surface area contributed by atoms with Crippen molar-refractivity contribution < 1.29 is 0 Å². The molecule has 0 saturated carbocycles. The fourth-order valence-electron chi connectivity index (χ4n) is 4.09. The fraction of sp³-hybridized carbons (Fsp3) is 0.381. The van der Waals surface area contributed by atoms with Crippen LogP contribution < -0.4 is 9.80 Å². The van der Waals surface area contributed by atoms with Crippen LogP contribution in [0.3, 0.4) is 0 Å². The van der Waals surface area contributed by atoms with E-state index in [9.17, 15) is 5.26 Å². The summed E-state index contributed by atoms with van der Waals surface area (Å²) in [6.07, 6.45) is 1.24. The second-order valence-electron chi connectivity index (χ2n) is 6.88. The van der Waals surface area contributed by atoms with Gasteiger partial charge in [0.1, 0.15) is 6.07 Å². The Bertz CT molecular complexity index is 744. The molecule has 4 heteroatoms. The molecule has 2 fully saturated rings. The molecule has 2 aromatic carbocycles. The maximum absolute atomic E-state index is 9.32. The third-order valence-electron chi connectivity index (χ3n) is 5.48. The second-order valence-corrected chi connectivity index (χ2v) is 6.88. The Labute approximate surface area is 149 Å². The molecule has 2 saturated heterocycles. The summed E-state index contributed by atoms with van der Waals surface area (Å²) < 4.78 is 0.